The highest BCUT2D eigenvalue weighted by Gasteiger charge is 2.35. The topological polar surface area (TPSA) is 9.23 Å². The molecule has 2 unspecified atom stereocenters. The summed E-state index contributed by atoms with van der Waals surface area (Å²) in [6, 6.07) is 0. The van der Waals surface area contributed by atoms with Gasteiger partial charge in [-0.2, -0.15) is 0 Å². The number of hydrogen-bond acceptors (Lipinski definition) is 1. The first-order chi connectivity index (χ1) is 7.09. The van der Waals surface area contributed by atoms with Gasteiger partial charge in [0.25, 0.3) is 0 Å². The summed E-state index contributed by atoms with van der Waals surface area (Å²) >= 11 is 0. The van der Waals surface area contributed by atoms with E-state index >= 15 is 0 Å². The molecule has 0 aromatic heterocycles. The van der Waals surface area contributed by atoms with Crippen LogP contribution in [0.25, 0.3) is 0 Å². The average Bonchev–Trinajstić information content (AvgIpc) is 2.82. The van der Waals surface area contributed by atoms with Crippen molar-refractivity contribution in [2.45, 2.75) is 65.9 Å². The van der Waals surface area contributed by atoms with Gasteiger partial charge in [-0.25, -0.2) is 0 Å². The second-order valence-electron chi connectivity index (χ2n) is 5.79. The number of ether oxygens (including phenoxy) is 1. The Bertz CT molecular complexity index is 145. The molecule has 0 radical (unpaired) electrons. The zero-order valence-electron chi connectivity index (χ0n) is 11.0. The highest BCUT2D eigenvalue weighted by Crippen LogP contribution is 2.44. The molecule has 1 nitrogen and oxygen atoms in total. The van der Waals surface area contributed by atoms with E-state index < -0.39 is 0 Å². The minimum absolute atomic E-state index is 0.406. The van der Waals surface area contributed by atoms with E-state index in [4.69, 9.17) is 4.74 Å². The highest BCUT2D eigenvalue weighted by atomic mass is 16.5. The van der Waals surface area contributed by atoms with E-state index in [1.165, 1.54) is 32.1 Å². The van der Waals surface area contributed by atoms with Gasteiger partial charge in [0.1, 0.15) is 0 Å². The van der Waals surface area contributed by atoms with E-state index in [0.717, 1.165) is 24.4 Å². The number of hydrogen-bond donors (Lipinski definition) is 0. The lowest BCUT2D eigenvalue weighted by Gasteiger charge is -2.07. The van der Waals surface area contributed by atoms with Crippen LogP contribution >= 0.6 is 0 Å². The molecule has 0 N–H and O–H groups in total. The van der Waals surface area contributed by atoms with Crippen LogP contribution in [0.2, 0.25) is 0 Å². The maximum atomic E-state index is 5.58. The summed E-state index contributed by atoms with van der Waals surface area (Å²) in [5, 5.41) is 0. The first-order valence-corrected chi connectivity index (χ1v) is 6.71. The summed E-state index contributed by atoms with van der Waals surface area (Å²) in [4.78, 5) is 0. The van der Waals surface area contributed by atoms with Gasteiger partial charge in [-0.1, -0.05) is 33.1 Å². The van der Waals surface area contributed by atoms with E-state index in [2.05, 4.69) is 27.7 Å². The standard InChI is InChI=1S/C14H28O/c1-11(2)6-5-7-13-10-14(13)8-9-15-12(3)4/h11-14H,5-10H2,1-4H3. The average molecular weight is 212 g/mol. The van der Waals surface area contributed by atoms with E-state index in [-0.39, 0.29) is 0 Å². The van der Waals surface area contributed by atoms with Crippen LogP contribution in [0.5, 0.6) is 0 Å². The zero-order chi connectivity index (χ0) is 11.3. The molecule has 1 rings (SSSR count). The summed E-state index contributed by atoms with van der Waals surface area (Å²) in [6.45, 7) is 9.85. The predicted molar refractivity (Wildman–Crippen MR) is 66.0 cm³/mol. The van der Waals surface area contributed by atoms with Crippen molar-refractivity contribution in [3.8, 4) is 0 Å². The third kappa shape index (κ3) is 6.19. The van der Waals surface area contributed by atoms with Gasteiger partial charge in [0, 0.05) is 6.61 Å². The van der Waals surface area contributed by atoms with Crippen LogP contribution in [0, 0.1) is 17.8 Å². The van der Waals surface area contributed by atoms with Gasteiger partial charge in [-0.05, 0) is 44.4 Å². The molecular formula is C14H28O. The summed E-state index contributed by atoms with van der Waals surface area (Å²) < 4.78 is 5.58. The molecule has 0 saturated heterocycles. The molecule has 1 fully saturated rings. The van der Waals surface area contributed by atoms with Crippen molar-refractivity contribution < 1.29 is 4.74 Å². The smallest absolute Gasteiger partial charge is 0.0518 e. The molecule has 0 bridgehead atoms. The first kappa shape index (κ1) is 13.0. The fourth-order valence-corrected chi connectivity index (χ4v) is 2.26. The van der Waals surface area contributed by atoms with Crippen LogP contribution in [0.4, 0.5) is 0 Å². The molecule has 0 spiro atoms. The lowest BCUT2D eigenvalue weighted by Crippen LogP contribution is -2.04. The van der Waals surface area contributed by atoms with Gasteiger partial charge in [0.15, 0.2) is 0 Å². The van der Waals surface area contributed by atoms with E-state index in [1.54, 1.807) is 0 Å². The summed E-state index contributed by atoms with van der Waals surface area (Å²) in [7, 11) is 0. The predicted octanol–water partition coefficient (Wildman–Crippen LogP) is 4.26. The Labute approximate surface area is 95.6 Å². The van der Waals surface area contributed by atoms with Crippen LogP contribution in [-0.4, -0.2) is 12.7 Å². The summed E-state index contributed by atoms with van der Waals surface area (Å²) in [5.41, 5.74) is 0. The Morgan fingerprint density at radius 3 is 2.33 bits per heavy atom. The lowest BCUT2D eigenvalue weighted by molar-refractivity contribution is 0.0734. The van der Waals surface area contributed by atoms with E-state index in [0.29, 0.717) is 6.10 Å². The van der Waals surface area contributed by atoms with Crippen molar-refractivity contribution in [1.82, 2.24) is 0 Å². The number of rotatable bonds is 8. The molecule has 0 aliphatic heterocycles. The molecule has 1 saturated carbocycles. The monoisotopic (exact) mass is 212 g/mol. The maximum Gasteiger partial charge on any atom is 0.0518 e. The van der Waals surface area contributed by atoms with Crippen molar-refractivity contribution in [3.63, 3.8) is 0 Å². The van der Waals surface area contributed by atoms with Crippen molar-refractivity contribution in [1.29, 1.82) is 0 Å². The van der Waals surface area contributed by atoms with E-state index in [9.17, 15) is 0 Å². The molecule has 1 aliphatic carbocycles. The molecule has 2 atom stereocenters. The maximum absolute atomic E-state index is 5.58. The van der Waals surface area contributed by atoms with Crippen molar-refractivity contribution in [3.05, 3.63) is 0 Å². The minimum atomic E-state index is 0.406. The van der Waals surface area contributed by atoms with Crippen molar-refractivity contribution >= 4 is 0 Å². The fourth-order valence-electron chi connectivity index (χ4n) is 2.26. The third-order valence-corrected chi connectivity index (χ3v) is 3.37. The van der Waals surface area contributed by atoms with Gasteiger partial charge in [-0.3, -0.25) is 0 Å². The Hall–Kier alpha value is -0.0400. The first-order valence-electron chi connectivity index (χ1n) is 6.71. The molecule has 0 heterocycles. The van der Waals surface area contributed by atoms with Crippen LogP contribution in [0.15, 0.2) is 0 Å². The normalized spacial score (nSPS) is 25.2. The van der Waals surface area contributed by atoms with Crippen LogP contribution in [0.1, 0.15) is 59.8 Å². The quantitative estimate of drug-likeness (QED) is 0.584. The van der Waals surface area contributed by atoms with Crippen LogP contribution < -0.4 is 0 Å². The molecule has 0 aromatic carbocycles. The summed E-state index contributed by atoms with van der Waals surface area (Å²) in [5.74, 6) is 2.92. The van der Waals surface area contributed by atoms with Gasteiger partial charge in [0.2, 0.25) is 0 Å². The third-order valence-electron chi connectivity index (χ3n) is 3.37. The molecule has 90 valence electrons. The van der Waals surface area contributed by atoms with Crippen LogP contribution in [0.3, 0.4) is 0 Å². The lowest BCUT2D eigenvalue weighted by atomic mass is 10.0. The minimum Gasteiger partial charge on any atom is -0.379 e. The van der Waals surface area contributed by atoms with Crippen LogP contribution in [-0.2, 0) is 4.74 Å². The molecule has 0 amide bonds. The largest absolute Gasteiger partial charge is 0.379 e. The SMILES string of the molecule is CC(C)CCCC1CC1CCOC(C)C. The molecule has 0 aromatic rings. The Morgan fingerprint density at radius 1 is 1.07 bits per heavy atom. The Morgan fingerprint density at radius 2 is 1.73 bits per heavy atom. The van der Waals surface area contributed by atoms with Gasteiger partial charge in [0.05, 0.1) is 6.10 Å². The van der Waals surface area contributed by atoms with Crippen molar-refractivity contribution in [2.24, 2.45) is 17.8 Å². The molecular weight excluding hydrogens is 184 g/mol. The molecule has 1 heteroatoms. The van der Waals surface area contributed by atoms with E-state index in [1.807, 2.05) is 0 Å². The van der Waals surface area contributed by atoms with Gasteiger partial charge < -0.3 is 4.74 Å². The highest BCUT2D eigenvalue weighted by molar-refractivity contribution is 4.85. The molecule has 15 heavy (non-hydrogen) atoms. The fraction of sp³-hybridized carbons (Fsp3) is 1.00. The Balaban J connectivity index is 1.89. The Kier molecular flexibility index (Phi) is 5.66. The summed E-state index contributed by atoms with van der Waals surface area (Å²) in [6.07, 6.45) is 7.48. The van der Waals surface area contributed by atoms with Gasteiger partial charge in [-0.15, -0.1) is 0 Å². The zero-order valence-corrected chi connectivity index (χ0v) is 11.0. The molecule has 1 aliphatic rings. The van der Waals surface area contributed by atoms with Gasteiger partial charge >= 0.3 is 0 Å². The second kappa shape index (κ2) is 6.52. The second-order valence-corrected chi connectivity index (χ2v) is 5.79. The van der Waals surface area contributed by atoms with Crippen molar-refractivity contribution in [2.75, 3.05) is 6.61 Å².